The molecule has 0 saturated carbocycles. The first-order valence-corrected chi connectivity index (χ1v) is 12.1. The number of rotatable bonds is 3. The quantitative estimate of drug-likeness (QED) is 0.290. The van der Waals surface area contributed by atoms with E-state index >= 15 is 0 Å². The zero-order chi connectivity index (χ0) is 23.6. The highest BCUT2D eigenvalue weighted by atomic mass is 16.3. The minimum atomic E-state index is -0.0434. The zero-order valence-corrected chi connectivity index (χ0v) is 19.8. The summed E-state index contributed by atoms with van der Waals surface area (Å²) in [4.78, 5) is 0. The predicted octanol–water partition coefficient (Wildman–Crippen LogP) is 9.30. The van der Waals surface area contributed by atoms with Crippen LogP contribution in [-0.2, 0) is 5.41 Å². The summed E-state index contributed by atoms with van der Waals surface area (Å²) in [7, 11) is 0. The lowest BCUT2D eigenvalue weighted by atomic mass is 9.81. The van der Waals surface area contributed by atoms with Crippen molar-refractivity contribution in [3.8, 4) is 22.3 Å². The van der Waals surface area contributed by atoms with Crippen molar-refractivity contribution in [3.05, 3.63) is 120 Å². The maximum Gasteiger partial charge on any atom is 0.135 e. The molecule has 0 unspecified atom stereocenters. The zero-order valence-electron chi connectivity index (χ0n) is 19.8. The standard InChI is InChI=1S/C33H25NO/c1-33(2)28-11-5-3-8-24(28)26-10-7-12-29(32(26)33)34-23-17-14-21(15-18-23)22-16-19-31-27(20-22)25-9-4-6-13-30(25)35-31/h3-20,34H,1-2H3. The molecule has 0 radical (unpaired) electrons. The van der Waals surface area contributed by atoms with Crippen LogP contribution in [0.2, 0.25) is 0 Å². The second kappa shape index (κ2) is 7.35. The van der Waals surface area contributed by atoms with Crippen LogP contribution in [0.4, 0.5) is 11.4 Å². The molecule has 0 spiro atoms. The van der Waals surface area contributed by atoms with Gasteiger partial charge in [0.25, 0.3) is 0 Å². The van der Waals surface area contributed by atoms with Crippen LogP contribution in [0.5, 0.6) is 0 Å². The third kappa shape index (κ3) is 3.03. The third-order valence-electron chi connectivity index (χ3n) is 7.45. The van der Waals surface area contributed by atoms with Crippen LogP contribution >= 0.6 is 0 Å². The molecule has 168 valence electrons. The van der Waals surface area contributed by atoms with Crippen molar-refractivity contribution in [2.45, 2.75) is 19.3 Å². The average Bonchev–Trinajstić information content (AvgIpc) is 3.37. The number of hydrogen-bond acceptors (Lipinski definition) is 2. The molecule has 0 atom stereocenters. The number of benzene rings is 5. The van der Waals surface area contributed by atoms with Gasteiger partial charge in [0.2, 0.25) is 0 Å². The van der Waals surface area contributed by atoms with Gasteiger partial charge in [0.15, 0.2) is 0 Å². The molecule has 1 heterocycles. The van der Waals surface area contributed by atoms with Crippen LogP contribution in [0.1, 0.15) is 25.0 Å². The van der Waals surface area contributed by atoms with Crippen LogP contribution in [0, 0.1) is 0 Å². The van der Waals surface area contributed by atoms with Crippen molar-refractivity contribution in [1.29, 1.82) is 0 Å². The Kier molecular flexibility index (Phi) is 4.22. The van der Waals surface area contributed by atoms with E-state index in [0.717, 1.165) is 27.6 Å². The fraction of sp³-hybridized carbons (Fsp3) is 0.0909. The van der Waals surface area contributed by atoms with Crippen LogP contribution in [0.15, 0.2) is 114 Å². The highest BCUT2D eigenvalue weighted by molar-refractivity contribution is 6.06. The summed E-state index contributed by atoms with van der Waals surface area (Å²) in [6.07, 6.45) is 0. The number of nitrogens with one attached hydrogen (secondary N) is 1. The minimum absolute atomic E-state index is 0.0434. The number of hydrogen-bond donors (Lipinski definition) is 1. The van der Waals surface area contributed by atoms with Gasteiger partial charge in [-0.3, -0.25) is 0 Å². The lowest BCUT2D eigenvalue weighted by Gasteiger charge is -2.24. The molecule has 0 bridgehead atoms. The summed E-state index contributed by atoms with van der Waals surface area (Å²) in [5.41, 5.74) is 11.9. The third-order valence-corrected chi connectivity index (χ3v) is 7.45. The fourth-order valence-corrected chi connectivity index (χ4v) is 5.76. The van der Waals surface area contributed by atoms with E-state index in [0.29, 0.717) is 0 Å². The van der Waals surface area contributed by atoms with Crippen LogP contribution < -0.4 is 5.32 Å². The Bertz CT molecular complexity index is 1740. The van der Waals surface area contributed by atoms with E-state index in [-0.39, 0.29) is 5.41 Å². The van der Waals surface area contributed by atoms with E-state index < -0.39 is 0 Å². The molecule has 35 heavy (non-hydrogen) atoms. The molecule has 1 aromatic heterocycles. The molecule has 1 N–H and O–H groups in total. The van der Waals surface area contributed by atoms with Crippen molar-refractivity contribution in [2.75, 3.05) is 5.32 Å². The van der Waals surface area contributed by atoms with E-state index in [1.807, 2.05) is 12.1 Å². The van der Waals surface area contributed by atoms with Gasteiger partial charge in [0.05, 0.1) is 0 Å². The highest BCUT2D eigenvalue weighted by Gasteiger charge is 2.37. The van der Waals surface area contributed by atoms with E-state index in [1.165, 1.54) is 39.1 Å². The Labute approximate surface area is 204 Å². The van der Waals surface area contributed by atoms with Crippen molar-refractivity contribution >= 4 is 33.3 Å². The number of furan rings is 1. The van der Waals surface area contributed by atoms with Gasteiger partial charge in [-0.1, -0.05) is 86.6 Å². The van der Waals surface area contributed by atoms with Gasteiger partial charge in [0, 0.05) is 27.6 Å². The summed E-state index contributed by atoms with van der Waals surface area (Å²) in [5.74, 6) is 0. The molecule has 2 nitrogen and oxygen atoms in total. The van der Waals surface area contributed by atoms with Crippen molar-refractivity contribution < 1.29 is 4.42 Å². The summed E-state index contributed by atoms with van der Waals surface area (Å²) in [6, 6.07) is 38.7. The minimum Gasteiger partial charge on any atom is -0.456 e. The van der Waals surface area contributed by atoms with Crippen LogP contribution in [-0.4, -0.2) is 0 Å². The molecule has 0 aliphatic heterocycles. The van der Waals surface area contributed by atoms with Gasteiger partial charge < -0.3 is 9.73 Å². The number of anilines is 2. The molecule has 0 amide bonds. The largest absolute Gasteiger partial charge is 0.456 e. The van der Waals surface area contributed by atoms with E-state index in [4.69, 9.17) is 4.42 Å². The van der Waals surface area contributed by atoms with Gasteiger partial charge in [-0.15, -0.1) is 0 Å². The summed E-state index contributed by atoms with van der Waals surface area (Å²) < 4.78 is 6.00. The van der Waals surface area contributed by atoms with E-state index in [2.05, 4.69) is 116 Å². The Hall–Kier alpha value is -4.30. The SMILES string of the molecule is CC1(C)c2ccccc2-c2cccc(Nc3ccc(-c4ccc5oc6ccccc6c5c4)cc3)c21. The van der Waals surface area contributed by atoms with Gasteiger partial charge >= 0.3 is 0 Å². The van der Waals surface area contributed by atoms with Gasteiger partial charge in [-0.25, -0.2) is 0 Å². The second-order valence-electron chi connectivity index (χ2n) is 9.91. The predicted molar refractivity (Wildman–Crippen MR) is 146 cm³/mol. The summed E-state index contributed by atoms with van der Waals surface area (Å²) >= 11 is 0. The lowest BCUT2D eigenvalue weighted by Crippen LogP contribution is -2.16. The highest BCUT2D eigenvalue weighted by Crippen LogP contribution is 2.51. The van der Waals surface area contributed by atoms with Gasteiger partial charge in [0.1, 0.15) is 11.2 Å². The molecular formula is C33H25NO. The Balaban J connectivity index is 1.23. The Morgan fingerprint density at radius 2 is 1.31 bits per heavy atom. The molecule has 5 aromatic carbocycles. The molecule has 1 aliphatic rings. The first kappa shape index (κ1) is 20.1. The first-order valence-electron chi connectivity index (χ1n) is 12.1. The molecule has 0 saturated heterocycles. The van der Waals surface area contributed by atoms with Crippen molar-refractivity contribution in [1.82, 2.24) is 0 Å². The Morgan fingerprint density at radius 3 is 2.20 bits per heavy atom. The molecular weight excluding hydrogens is 426 g/mol. The van der Waals surface area contributed by atoms with E-state index in [9.17, 15) is 0 Å². The summed E-state index contributed by atoms with van der Waals surface area (Å²) in [6.45, 7) is 4.64. The molecule has 2 heteroatoms. The van der Waals surface area contributed by atoms with E-state index in [1.54, 1.807) is 0 Å². The monoisotopic (exact) mass is 451 g/mol. The molecule has 7 rings (SSSR count). The topological polar surface area (TPSA) is 25.2 Å². The first-order chi connectivity index (χ1) is 17.1. The molecule has 6 aromatic rings. The maximum absolute atomic E-state index is 6.00. The molecule has 1 aliphatic carbocycles. The summed E-state index contributed by atoms with van der Waals surface area (Å²) in [5, 5.41) is 6.02. The Morgan fingerprint density at radius 1 is 0.600 bits per heavy atom. The normalized spacial score (nSPS) is 13.7. The van der Waals surface area contributed by atoms with Gasteiger partial charge in [-0.2, -0.15) is 0 Å². The number of fused-ring (bicyclic) bond motifs is 6. The lowest BCUT2D eigenvalue weighted by molar-refractivity contribution is 0.662. The van der Waals surface area contributed by atoms with Crippen molar-refractivity contribution in [3.63, 3.8) is 0 Å². The fourth-order valence-electron chi connectivity index (χ4n) is 5.76. The maximum atomic E-state index is 6.00. The average molecular weight is 452 g/mol. The van der Waals surface area contributed by atoms with Crippen molar-refractivity contribution in [2.24, 2.45) is 0 Å². The van der Waals surface area contributed by atoms with Crippen LogP contribution in [0.3, 0.4) is 0 Å². The van der Waals surface area contributed by atoms with Gasteiger partial charge in [-0.05, 0) is 69.8 Å². The van der Waals surface area contributed by atoms with Crippen LogP contribution in [0.25, 0.3) is 44.2 Å². The second-order valence-corrected chi connectivity index (χ2v) is 9.91. The number of para-hydroxylation sites is 1. The smallest absolute Gasteiger partial charge is 0.135 e. The molecule has 0 fully saturated rings.